The second-order valence-electron chi connectivity index (χ2n) is 3.77. The molecule has 1 aliphatic heterocycles. The molecule has 18 heavy (non-hydrogen) atoms. The molecule has 1 N–H and O–H groups in total. The van der Waals surface area contributed by atoms with Gasteiger partial charge < -0.3 is 24.3 Å². The van der Waals surface area contributed by atoms with Gasteiger partial charge in [0.1, 0.15) is 23.9 Å². The van der Waals surface area contributed by atoms with Crippen LogP contribution in [0.4, 0.5) is 4.79 Å². The zero-order chi connectivity index (χ0) is 13.0. The van der Waals surface area contributed by atoms with E-state index in [1.807, 2.05) is 0 Å². The highest BCUT2D eigenvalue weighted by molar-refractivity contribution is 5.69. The molecule has 0 radical (unpaired) electrons. The van der Waals surface area contributed by atoms with Gasteiger partial charge >= 0.3 is 6.09 Å². The first kappa shape index (κ1) is 12.3. The van der Waals surface area contributed by atoms with E-state index in [-0.39, 0.29) is 12.7 Å². The molecular formula is C12H15NO5. The third-order valence-electron chi connectivity index (χ3n) is 2.51. The molecule has 1 atom stereocenters. The molecule has 0 spiro atoms. The molecule has 0 bridgehead atoms. The maximum Gasteiger partial charge on any atom is 0.407 e. The van der Waals surface area contributed by atoms with Crippen molar-refractivity contribution in [2.45, 2.75) is 6.10 Å². The minimum atomic E-state index is -0.410. The van der Waals surface area contributed by atoms with Gasteiger partial charge in [0.15, 0.2) is 6.10 Å². The number of hydrogen-bond donors (Lipinski definition) is 1. The molecule has 1 aromatic rings. The maximum atomic E-state index is 10.8. The van der Waals surface area contributed by atoms with Crippen LogP contribution < -0.4 is 19.5 Å². The predicted octanol–water partition coefficient (Wildman–Crippen LogP) is 1.19. The molecular weight excluding hydrogens is 238 g/mol. The Hall–Kier alpha value is -2.11. The topological polar surface area (TPSA) is 66.0 Å². The standard InChI is InChI=1S/C12H15NO5/c1-15-8-3-9(16-2)5-10(4-8)17-7-11-6-13-12(14)18-11/h3-5,11H,6-7H2,1-2H3,(H,13,14). The average Bonchev–Trinajstić information content (AvgIpc) is 2.81. The highest BCUT2D eigenvalue weighted by Crippen LogP contribution is 2.27. The van der Waals surface area contributed by atoms with Crippen molar-refractivity contribution < 1.29 is 23.7 Å². The number of amides is 1. The largest absolute Gasteiger partial charge is 0.496 e. The fourth-order valence-corrected chi connectivity index (χ4v) is 1.58. The summed E-state index contributed by atoms with van der Waals surface area (Å²) in [5, 5.41) is 2.56. The molecule has 0 saturated carbocycles. The Kier molecular flexibility index (Phi) is 3.76. The van der Waals surface area contributed by atoms with Gasteiger partial charge in [-0.05, 0) is 0 Å². The smallest absolute Gasteiger partial charge is 0.407 e. The van der Waals surface area contributed by atoms with Gasteiger partial charge in [-0.1, -0.05) is 0 Å². The zero-order valence-electron chi connectivity index (χ0n) is 10.3. The number of nitrogens with one attached hydrogen (secondary N) is 1. The molecule has 1 aromatic carbocycles. The van der Waals surface area contributed by atoms with E-state index in [1.54, 1.807) is 32.4 Å². The molecule has 1 amide bonds. The lowest BCUT2D eigenvalue weighted by molar-refractivity contribution is 0.104. The van der Waals surface area contributed by atoms with Gasteiger partial charge in [-0.3, -0.25) is 0 Å². The first-order valence-corrected chi connectivity index (χ1v) is 5.51. The van der Waals surface area contributed by atoms with Gasteiger partial charge in [0.05, 0.1) is 20.8 Å². The highest BCUT2D eigenvalue weighted by atomic mass is 16.6. The van der Waals surface area contributed by atoms with Gasteiger partial charge in [-0.15, -0.1) is 0 Å². The molecule has 0 aliphatic carbocycles. The van der Waals surface area contributed by atoms with Crippen molar-refractivity contribution in [2.75, 3.05) is 27.4 Å². The van der Waals surface area contributed by atoms with Crippen LogP contribution in [0, 0.1) is 0 Å². The van der Waals surface area contributed by atoms with E-state index < -0.39 is 6.09 Å². The lowest BCUT2D eigenvalue weighted by atomic mass is 10.3. The summed E-state index contributed by atoms with van der Waals surface area (Å²) in [6, 6.07) is 5.24. The van der Waals surface area contributed by atoms with Crippen LogP contribution in [0.2, 0.25) is 0 Å². The highest BCUT2D eigenvalue weighted by Gasteiger charge is 2.23. The lowest BCUT2D eigenvalue weighted by Crippen LogP contribution is -2.21. The number of benzene rings is 1. The quantitative estimate of drug-likeness (QED) is 0.853. The van der Waals surface area contributed by atoms with E-state index in [9.17, 15) is 4.79 Å². The number of ether oxygens (including phenoxy) is 4. The van der Waals surface area contributed by atoms with Gasteiger partial charge in [-0.25, -0.2) is 4.79 Å². The summed E-state index contributed by atoms with van der Waals surface area (Å²) in [7, 11) is 3.14. The summed E-state index contributed by atoms with van der Waals surface area (Å²) in [5.41, 5.74) is 0. The van der Waals surface area contributed by atoms with Crippen LogP contribution in [0.25, 0.3) is 0 Å². The van der Waals surface area contributed by atoms with Crippen molar-refractivity contribution in [3.05, 3.63) is 18.2 Å². The van der Waals surface area contributed by atoms with Crippen LogP contribution in [-0.4, -0.2) is 39.6 Å². The second kappa shape index (κ2) is 5.48. The summed E-state index contributed by atoms with van der Waals surface area (Å²) in [6.07, 6.45) is -0.679. The molecule has 6 heteroatoms. The third-order valence-corrected chi connectivity index (χ3v) is 2.51. The minimum absolute atomic E-state index is 0.269. The second-order valence-corrected chi connectivity index (χ2v) is 3.77. The van der Waals surface area contributed by atoms with Crippen LogP contribution in [-0.2, 0) is 4.74 Å². The average molecular weight is 253 g/mol. The van der Waals surface area contributed by atoms with E-state index in [0.717, 1.165) is 0 Å². The summed E-state index contributed by atoms with van der Waals surface area (Å²) < 4.78 is 20.8. The maximum absolute atomic E-state index is 10.8. The molecule has 1 heterocycles. The molecule has 0 aromatic heterocycles. The number of alkyl carbamates (subject to hydrolysis) is 1. The zero-order valence-corrected chi connectivity index (χ0v) is 10.3. The van der Waals surface area contributed by atoms with Crippen LogP contribution in [0.15, 0.2) is 18.2 Å². The van der Waals surface area contributed by atoms with Crippen molar-refractivity contribution in [1.82, 2.24) is 5.32 Å². The SMILES string of the molecule is COc1cc(OC)cc(OCC2CNC(=O)O2)c1. The normalized spacial score (nSPS) is 17.9. The van der Waals surface area contributed by atoms with Crippen molar-refractivity contribution in [1.29, 1.82) is 0 Å². The van der Waals surface area contributed by atoms with Crippen molar-refractivity contribution >= 4 is 6.09 Å². The monoisotopic (exact) mass is 253 g/mol. The molecule has 1 saturated heterocycles. The number of hydrogen-bond acceptors (Lipinski definition) is 5. The van der Waals surface area contributed by atoms with Crippen LogP contribution in [0.3, 0.4) is 0 Å². The number of carbonyl (C=O) groups is 1. The summed E-state index contributed by atoms with van der Waals surface area (Å²) in [5.74, 6) is 1.89. The first-order valence-electron chi connectivity index (χ1n) is 5.51. The number of rotatable bonds is 5. The van der Waals surface area contributed by atoms with Crippen LogP contribution in [0.1, 0.15) is 0 Å². The fraction of sp³-hybridized carbons (Fsp3) is 0.417. The summed E-state index contributed by atoms with van der Waals surface area (Å²) in [4.78, 5) is 10.8. The Morgan fingerprint density at radius 1 is 1.22 bits per heavy atom. The predicted molar refractivity (Wildman–Crippen MR) is 63.3 cm³/mol. The Balaban J connectivity index is 1.97. The van der Waals surface area contributed by atoms with Crippen LogP contribution >= 0.6 is 0 Å². The van der Waals surface area contributed by atoms with Crippen molar-refractivity contribution in [3.8, 4) is 17.2 Å². The molecule has 6 nitrogen and oxygen atoms in total. The minimum Gasteiger partial charge on any atom is -0.496 e. The molecule has 2 rings (SSSR count). The van der Waals surface area contributed by atoms with E-state index in [0.29, 0.717) is 23.8 Å². The van der Waals surface area contributed by atoms with E-state index in [4.69, 9.17) is 18.9 Å². The third kappa shape index (κ3) is 2.97. The summed E-state index contributed by atoms with van der Waals surface area (Å²) >= 11 is 0. The van der Waals surface area contributed by atoms with Crippen molar-refractivity contribution in [2.24, 2.45) is 0 Å². The van der Waals surface area contributed by atoms with E-state index >= 15 is 0 Å². The van der Waals surface area contributed by atoms with Gasteiger partial charge in [0.2, 0.25) is 0 Å². The number of cyclic esters (lactones) is 1. The Labute approximate surface area is 105 Å². The van der Waals surface area contributed by atoms with E-state index in [2.05, 4.69) is 5.32 Å². The fourth-order valence-electron chi connectivity index (χ4n) is 1.58. The van der Waals surface area contributed by atoms with Gasteiger partial charge in [0, 0.05) is 18.2 Å². The lowest BCUT2D eigenvalue weighted by Gasteiger charge is -2.12. The molecule has 1 unspecified atom stereocenters. The number of carbonyl (C=O) groups excluding carboxylic acids is 1. The first-order chi connectivity index (χ1) is 8.71. The Bertz CT molecular complexity index is 412. The van der Waals surface area contributed by atoms with Gasteiger partial charge in [-0.2, -0.15) is 0 Å². The Morgan fingerprint density at radius 2 is 1.83 bits per heavy atom. The van der Waals surface area contributed by atoms with Crippen LogP contribution in [0.5, 0.6) is 17.2 Å². The molecule has 1 aliphatic rings. The van der Waals surface area contributed by atoms with E-state index in [1.165, 1.54) is 0 Å². The number of methoxy groups -OCH3 is 2. The van der Waals surface area contributed by atoms with Gasteiger partial charge in [0.25, 0.3) is 0 Å². The molecule has 1 fully saturated rings. The summed E-state index contributed by atoms with van der Waals surface area (Å²) in [6.45, 7) is 0.745. The molecule has 98 valence electrons. The van der Waals surface area contributed by atoms with Crippen molar-refractivity contribution in [3.63, 3.8) is 0 Å². The Morgan fingerprint density at radius 3 is 2.33 bits per heavy atom.